The summed E-state index contributed by atoms with van der Waals surface area (Å²) in [4.78, 5) is 16.0. The molecule has 0 aliphatic carbocycles. The van der Waals surface area contributed by atoms with Gasteiger partial charge in [0.2, 0.25) is 5.95 Å². The third-order valence-corrected chi connectivity index (χ3v) is 5.02. The Morgan fingerprint density at radius 1 is 1.07 bits per heavy atom. The number of fused-ring (bicyclic) bond motifs is 1. The van der Waals surface area contributed by atoms with E-state index in [1.54, 1.807) is 0 Å². The molecule has 1 aliphatic heterocycles. The molecule has 2 aromatic carbocycles. The predicted molar refractivity (Wildman–Crippen MR) is 117 cm³/mol. The summed E-state index contributed by atoms with van der Waals surface area (Å²) >= 11 is 5.78. The van der Waals surface area contributed by atoms with Crippen LogP contribution in [-0.4, -0.2) is 39.1 Å². The van der Waals surface area contributed by atoms with Gasteiger partial charge < -0.3 is 25.7 Å². The second kappa shape index (κ2) is 8.17. The van der Waals surface area contributed by atoms with Crippen LogP contribution in [0.1, 0.15) is 5.56 Å². The lowest BCUT2D eigenvalue weighted by Gasteiger charge is -2.28. The Morgan fingerprint density at radius 3 is 2.60 bits per heavy atom. The highest BCUT2D eigenvalue weighted by molar-refractivity contribution is 6.30. The van der Waals surface area contributed by atoms with Crippen molar-refractivity contribution in [3.8, 4) is 11.8 Å². The Bertz CT molecular complexity index is 1140. The molecule has 9 heteroatoms. The zero-order valence-corrected chi connectivity index (χ0v) is 16.8. The number of imidazole rings is 1. The van der Waals surface area contributed by atoms with Crippen LogP contribution in [0.15, 0.2) is 54.9 Å². The number of nitrogens with zero attached hydrogens (tertiary/aromatic N) is 3. The Morgan fingerprint density at radius 2 is 1.87 bits per heavy atom. The summed E-state index contributed by atoms with van der Waals surface area (Å²) in [7, 11) is 0. The Labute approximate surface area is 178 Å². The topological polar surface area (TPSA) is 99.8 Å². The van der Waals surface area contributed by atoms with E-state index in [1.807, 2.05) is 30.3 Å². The molecule has 30 heavy (non-hydrogen) atoms. The minimum Gasteiger partial charge on any atom is -0.424 e. The first-order valence-electron chi connectivity index (χ1n) is 9.66. The normalized spacial score (nSPS) is 13.8. The number of H-pyrrole nitrogens is 1. The van der Waals surface area contributed by atoms with Crippen LogP contribution in [0.5, 0.6) is 11.8 Å². The zero-order valence-electron chi connectivity index (χ0n) is 16.0. The van der Waals surface area contributed by atoms with Crippen molar-refractivity contribution in [3.63, 3.8) is 0 Å². The highest BCUT2D eigenvalue weighted by Crippen LogP contribution is 2.22. The molecule has 5 rings (SSSR count). The van der Waals surface area contributed by atoms with Crippen LogP contribution in [-0.2, 0) is 6.54 Å². The Kier molecular flexibility index (Phi) is 5.08. The summed E-state index contributed by atoms with van der Waals surface area (Å²) in [6.45, 7) is 2.64. The Balaban J connectivity index is 1.20. The first-order chi connectivity index (χ1) is 14.7. The molecule has 0 atom stereocenters. The SMILES string of the molecule is Clc1cnc(Oc2ccc(CNc3nc4ccc(NC5CNC5)cc4[nH]3)cc2)nc1. The van der Waals surface area contributed by atoms with Gasteiger partial charge in [-0.1, -0.05) is 23.7 Å². The van der Waals surface area contributed by atoms with Crippen LogP contribution < -0.4 is 20.7 Å². The molecule has 4 aromatic rings. The summed E-state index contributed by atoms with van der Waals surface area (Å²) in [5.74, 6) is 1.40. The molecule has 0 saturated carbocycles. The zero-order chi connectivity index (χ0) is 20.3. The number of aromatic nitrogens is 4. The van der Waals surface area contributed by atoms with Crippen molar-refractivity contribution in [2.24, 2.45) is 0 Å². The number of benzene rings is 2. The lowest BCUT2D eigenvalue weighted by molar-refractivity contribution is 0.441. The molecule has 1 fully saturated rings. The fourth-order valence-corrected chi connectivity index (χ4v) is 3.23. The van der Waals surface area contributed by atoms with Gasteiger partial charge >= 0.3 is 6.01 Å². The monoisotopic (exact) mass is 421 g/mol. The predicted octanol–water partition coefficient (Wildman–Crippen LogP) is 3.79. The fraction of sp³-hybridized carbons (Fsp3) is 0.190. The summed E-state index contributed by atoms with van der Waals surface area (Å²) in [5, 5.41) is 10.6. The van der Waals surface area contributed by atoms with Crippen LogP contribution >= 0.6 is 11.6 Å². The number of hydrogen-bond acceptors (Lipinski definition) is 7. The van der Waals surface area contributed by atoms with Gasteiger partial charge in [0, 0.05) is 25.3 Å². The van der Waals surface area contributed by atoms with Gasteiger partial charge in [0.05, 0.1) is 34.5 Å². The maximum atomic E-state index is 5.78. The molecule has 4 N–H and O–H groups in total. The number of anilines is 2. The van der Waals surface area contributed by atoms with Crippen molar-refractivity contribution < 1.29 is 4.74 Å². The summed E-state index contributed by atoms with van der Waals surface area (Å²) < 4.78 is 5.61. The smallest absolute Gasteiger partial charge is 0.321 e. The molecule has 152 valence electrons. The van der Waals surface area contributed by atoms with Gasteiger partial charge in [0.1, 0.15) is 5.75 Å². The number of halogens is 1. The molecular weight excluding hydrogens is 402 g/mol. The van der Waals surface area contributed by atoms with Gasteiger partial charge in [0.25, 0.3) is 0 Å². The van der Waals surface area contributed by atoms with Gasteiger partial charge in [-0.15, -0.1) is 0 Å². The molecule has 3 heterocycles. The maximum absolute atomic E-state index is 5.78. The van der Waals surface area contributed by atoms with E-state index in [1.165, 1.54) is 12.4 Å². The fourth-order valence-electron chi connectivity index (χ4n) is 3.13. The van der Waals surface area contributed by atoms with E-state index in [0.717, 1.165) is 41.3 Å². The van der Waals surface area contributed by atoms with E-state index in [9.17, 15) is 0 Å². The summed E-state index contributed by atoms with van der Waals surface area (Å²) in [6, 6.07) is 14.7. The quantitative estimate of drug-likeness (QED) is 0.360. The maximum Gasteiger partial charge on any atom is 0.321 e. The van der Waals surface area contributed by atoms with Gasteiger partial charge in [-0.25, -0.2) is 15.0 Å². The molecule has 0 amide bonds. The van der Waals surface area contributed by atoms with Gasteiger partial charge in [-0.2, -0.15) is 0 Å². The molecule has 0 radical (unpaired) electrons. The summed E-state index contributed by atoms with van der Waals surface area (Å²) in [5.41, 5.74) is 4.13. The van der Waals surface area contributed by atoms with Crippen molar-refractivity contribution >= 4 is 34.3 Å². The van der Waals surface area contributed by atoms with E-state index in [2.05, 4.69) is 48.0 Å². The van der Waals surface area contributed by atoms with E-state index in [-0.39, 0.29) is 6.01 Å². The number of rotatable bonds is 7. The number of aromatic amines is 1. The van der Waals surface area contributed by atoms with E-state index in [0.29, 0.717) is 23.4 Å². The molecule has 0 spiro atoms. The van der Waals surface area contributed by atoms with Crippen molar-refractivity contribution in [2.75, 3.05) is 23.7 Å². The van der Waals surface area contributed by atoms with E-state index < -0.39 is 0 Å². The van der Waals surface area contributed by atoms with Crippen LogP contribution in [0, 0.1) is 0 Å². The third kappa shape index (κ3) is 4.29. The molecular formula is C21H20ClN7O. The van der Waals surface area contributed by atoms with Crippen LogP contribution in [0.4, 0.5) is 11.6 Å². The Hall–Kier alpha value is -3.36. The minimum atomic E-state index is 0.259. The highest BCUT2D eigenvalue weighted by atomic mass is 35.5. The lowest BCUT2D eigenvalue weighted by Crippen LogP contribution is -2.51. The molecule has 1 aliphatic rings. The van der Waals surface area contributed by atoms with Gasteiger partial charge in [-0.3, -0.25) is 0 Å². The molecule has 8 nitrogen and oxygen atoms in total. The highest BCUT2D eigenvalue weighted by Gasteiger charge is 2.16. The van der Waals surface area contributed by atoms with Crippen molar-refractivity contribution in [1.82, 2.24) is 25.3 Å². The minimum absolute atomic E-state index is 0.259. The van der Waals surface area contributed by atoms with Crippen molar-refractivity contribution in [3.05, 3.63) is 65.4 Å². The van der Waals surface area contributed by atoms with Crippen molar-refractivity contribution in [1.29, 1.82) is 0 Å². The second-order valence-electron chi connectivity index (χ2n) is 7.10. The summed E-state index contributed by atoms with van der Waals surface area (Å²) in [6.07, 6.45) is 3.00. The molecule has 1 saturated heterocycles. The number of hydrogen-bond donors (Lipinski definition) is 4. The number of nitrogens with one attached hydrogen (secondary N) is 4. The van der Waals surface area contributed by atoms with Crippen LogP contribution in [0.2, 0.25) is 5.02 Å². The first-order valence-corrected chi connectivity index (χ1v) is 10.0. The largest absolute Gasteiger partial charge is 0.424 e. The standard InChI is InChI=1S/C21H20ClN7O/c22-14-9-25-21(26-10-14)30-17-4-1-13(2-5-17)8-24-20-28-18-6-3-15(7-19(18)29-20)27-16-11-23-12-16/h1-7,9-10,16,23,27H,8,11-12H2,(H2,24,28,29). The second-order valence-corrected chi connectivity index (χ2v) is 7.54. The lowest BCUT2D eigenvalue weighted by atomic mass is 10.1. The molecule has 0 unspecified atom stereocenters. The average Bonchev–Trinajstić information content (AvgIpc) is 3.14. The van der Waals surface area contributed by atoms with E-state index >= 15 is 0 Å². The molecule has 0 bridgehead atoms. The van der Waals surface area contributed by atoms with Crippen molar-refractivity contribution in [2.45, 2.75) is 12.6 Å². The van der Waals surface area contributed by atoms with Crippen LogP contribution in [0.25, 0.3) is 11.0 Å². The third-order valence-electron chi connectivity index (χ3n) is 4.82. The molecule has 2 aromatic heterocycles. The van der Waals surface area contributed by atoms with Gasteiger partial charge in [-0.05, 0) is 35.9 Å². The van der Waals surface area contributed by atoms with Crippen LogP contribution in [0.3, 0.4) is 0 Å². The first kappa shape index (κ1) is 18.7. The number of ether oxygens (including phenoxy) is 1. The van der Waals surface area contributed by atoms with Gasteiger partial charge in [0.15, 0.2) is 0 Å². The van der Waals surface area contributed by atoms with E-state index in [4.69, 9.17) is 16.3 Å². The average molecular weight is 422 g/mol.